The van der Waals surface area contributed by atoms with E-state index in [0.29, 0.717) is 23.5 Å². The second kappa shape index (κ2) is 7.65. The Kier molecular flexibility index (Phi) is 4.88. The maximum atomic E-state index is 13.5. The first-order chi connectivity index (χ1) is 15.8. The standard InChI is InChI=1S/C25H26N4O4/c1-25(2)23-18(17-7-5-6-8-19(17)27-23)12-20-24(31)28(14-22(30)29(20)25)26-13-15-9-10-16(32-3)11-21(15)33-4/h5-11,13,20,27H,12,14H2,1-4H3/b26-13+/t20-/m0/s1. The van der Waals surface area contributed by atoms with Crippen LogP contribution in [0, 0.1) is 0 Å². The summed E-state index contributed by atoms with van der Waals surface area (Å²) in [6.07, 6.45) is 2.00. The summed E-state index contributed by atoms with van der Waals surface area (Å²) in [4.78, 5) is 31.9. The lowest BCUT2D eigenvalue weighted by Crippen LogP contribution is -2.66. The highest BCUT2D eigenvalue weighted by molar-refractivity contribution is 5.98. The molecule has 8 nitrogen and oxygen atoms in total. The predicted molar refractivity (Wildman–Crippen MR) is 125 cm³/mol. The number of aromatic nitrogens is 1. The summed E-state index contributed by atoms with van der Waals surface area (Å²) in [5, 5.41) is 6.73. The minimum Gasteiger partial charge on any atom is -0.497 e. The second-order valence-electron chi connectivity index (χ2n) is 8.82. The molecule has 1 fully saturated rings. The number of para-hydroxylation sites is 1. The number of hydrogen-bond donors (Lipinski definition) is 1. The van der Waals surface area contributed by atoms with E-state index in [9.17, 15) is 9.59 Å². The molecule has 2 aromatic carbocycles. The highest BCUT2D eigenvalue weighted by atomic mass is 16.5. The maximum Gasteiger partial charge on any atom is 0.266 e. The Labute approximate surface area is 191 Å². The predicted octanol–water partition coefficient (Wildman–Crippen LogP) is 3.05. The number of piperazine rings is 1. The molecule has 1 saturated heterocycles. The maximum absolute atomic E-state index is 13.5. The van der Waals surface area contributed by atoms with E-state index >= 15 is 0 Å². The minimum absolute atomic E-state index is 0.108. The first-order valence-electron chi connectivity index (χ1n) is 10.8. The fraction of sp³-hybridized carbons (Fsp3) is 0.320. The smallest absolute Gasteiger partial charge is 0.266 e. The Bertz CT molecular complexity index is 1290. The molecule has 33 heavy (non-hydrogen) atoms. The molecule has 2 aliphatic heterocycles. The average Bonchev–Trinajstić information content (AvgIpc) is 3.20. The highest BCUT2D eigenvalue weighted by Crippen LogP contribution is 2.42. The first kappa shape index (κ1) is 21.1. The molecule has 1 atom stereocenters. The average molecular weight is 447 g/mol. The molecule has 0 saturated carbocycles. The van der Waals surface area contributed by atoms with Gasteiger partial charge in [0.25, 0.3) is 5.91 Å². The summed E-state index contributed by atoms with van der Waals surface area (Å²) < 4.78 is 10.6. The zero-order valence-electron chi connectivity index (χ0n) is 19.1. The fourth-order valence-electron chi connectivity index (χ4n) is 5.02. The number of hydrogen-bond acceptors (Lipinski definition) is 5. The van der Waals surface area contributed by atoms with E-state index < -0.39 is 11.6 Å². The quantitative estimate of drug-likeness (QED) is 0.624. The number of carbonyl (C=O) groups is 2. The number of benzene rings is 2. The van der Waals surface area contributed by atoms with E-state index in [1.807, 2.05) is 32.0 Å². The molecule has 0 bridgehead atoms. The third kappa shape index (κ3) is 3.25. The highest BCUT2D eigenvalue weighted by Gasteiger charge is 2.51. The van der Waals surface area contributed by atoms with E-state index in [1.54, 1.807) is 43.5 Å². The molecule has 3 aromatic rings. The van der Waals surface area contributed by atoms with Gasteiger partial charge >= 0.3 is 0 Å². The Morgan fingerprint density at radius 3 is 2.67 bits per heavy atom. The first-order valence-corrected chi connectivity index (χ1v) is 10.8. The molecule has 3 heterocycles. The van der Waals surface area contributed by atoms with E-state index in [-0.39, 0.29) is 18.4 Å². The normalized spacial score (nSPS) is 19.7. The largest absolute Gasteiger partial charge is 0.497 e. The van der Waals surface area contributed by atoms with E-state index in [1.165, 1.54) is 5.01 Å². The molecular weight excluding hydrogens is 420 g/mol. The fourth-order valence-corrected chi connectivity index (χ4v) is 5.02. The number of rotatable bonds is 4. The van der Waals surface area contributed by atoms with Crippen LogP contribution in [-0.4, -0.2) is 59.7 Å². The van der Waals surface area contributed by atoms with Crippen molar-refractivity contribution in [3.63, 3.8) is 0 Å². The van der Waals surface area contributed by atoms with Gasteiger partial charge in [-0.05, 0) is 37.6 Å². The summed E-state index contributed by atoms with van der Waals surface area (Å²) in [6.45, 7) is 3.86. The van der Waals surface area contributed by atoms with Crippen LogP contribution in [0.25, 0.3) is 10.9 Å². The topological polar surface area (TPSA) is 87.2 Å². The van der Waals surface area contributed by atoms with Crippen LogP contribution in [0.3, 0.4) is 0 Å². The summed E-state index contributed by atoms with van der Waals surface area (Å²) in [6, 6.07) is 12.8. The van der Waals surface area contributed by atoms with Gasteiger partial charge in [0, 0.05) is 34.6 Å². The van der Waals surface area contributed by atoms with Gasteiger partial charge in [-0.3, -0.25) is 9.59 Å². The summed E-state index contributed by atoms with van der Waals surface area (Å²) >= 11 is 0. The van der Waals surface area contributed by atoms with Crippen LogP contribution < -0.4 is 9.47 Å². The van der Waals surface area contributed by atoms with Crippen molar-refractivity contribution in [3.05, 3.63) is 59.3 Å². The minimum atomic E-state index is -0.640. The van der Waals surface area contributed by atoms with Crippen molar-refractivity contribution in [2.24, 2.45) is 5.10 Å². The van der Waals surface area contributed by atoms with Crippen molar-refractivity contribution in [3.8, 4) is 11.5 Å². The van der Waals surface area contributed by atoms with Crippen LogP contribution in [0.2, 0.25) is 0 Å². The van der Waals surface area contributed by atoms with Crippen molar-refractivity contribution >= 4 is 28.9 Å². The number of hydrazone groups is 1. The number of carbonyl (C=O) groups excluding carboxylic acids is 2. The molecule has 0 radical (unpaired) electrons. The van der Waals surface area contributed by atoms with Gasteiger partial charge in [-0.25, -0.2) is 5.01 Å². The molecule has 0 aliphatic carbocycles. The van der Waals surface area contributed by atoms with Gasteiger partial charge in [0.2, 0.25) is 5.91 Å². The van der Waals surface area contributed by atoms with Gasteiger partial charge in [0.15, 0.2) is 0 Å². The van der Waals surface area contributed by atoms with Gasteiger partial charge in [0.05, 0.1) is 26.0 Å². The molecule has 2 amide bonds. The van der Waals surface area contributed by atoms with E-state index in [2.05, 4.69) is 16.2 Å². The van der Waals surface area contributed by atoms with Crippen LogP contribution in [0.4, 0.5) is 0 Å². The van der Waals surface area contributed by atoms with E-state index in [0.717, 1.165) is 22.2 Å². The SMILES string of the molecule is COc1ccc(/C=N/N2CC(=O)N3[C@@H](Cc4c([nH]c5ccccc45)C3(C)C)C2=O)c(OC)c1. The van der Waals surface area contributed by atoms with Crippen LogP contribution in [0.5, 0.6) is 11.5 Å². The summed E-state index contributed by atoms with van der Waals surface area (Å²) in [5.41, 5.74) is 3.13. The lowest BCUT2D eigenvalue weighted by atomic mass is 9.82. The Morgan fingerprint density at radius 2 is 1.91 bits per heavy atom. The third-order valence-corrected chi connectivity index (χ3v) is 6.61. The third-order valence-electron chi connectivity index (χ3n) is 6.61. The molecule has 170 valence electrons. The monoisotopic (exact) mass is 446 g/mol. The molecule has 8 heteroatoms. The van der Waals surface area contributed by atoms with Crippen LogP contribution in [-0.2, 0) is 21.5 Å². The van der Waals surface area contributed by atoms with Crippen molar-refractivity contribution in [1.29, 1.82) is 0 Å². The second-order valence-corrected chi connectivity index (χ2v) is 8.82. The Balaban J connectivity index is 1.49. The number of amides is 2. The van der Waals surface area contributed by atoms with Gasteiger partial charge in [-0.15, -0.1) is 0 Å². The number of nitrogens with one attached hydrogen (secondary N) is 1. The molecule has 5 rings (SSSR count). The zero-order valence-corrected chi connectivity index (χ0v) is 19.1. The zero-order chi connectivity index (χ0) is 23.3. The van der Waals surface area contributed by atoms with Gasteiger partial charge in [-0.1, -0.05) is 18.2 Å². The Hall–Kier alpha value is -3.81. The lowest BCUT2D eigenvalue weighted by molar-refractivity contribution is -0.163. The van der Waals surface area contributed by atoms with E-state index in [4.69, 9.17) is 9.47 Å². The number of nitrogens with zero attached hydrogens (tertiary/aromatic N) is 3. The van der Waals surface area contributed by atoms with Crippen molar-refractivity contribution in [2.45, 2.75) is 31.8 Å². The molecule has 0 spiro atoms. The van der Waals surface area contributed by atoms with Gasteiger partial charge in [-0.2, -0.15) is 5.10 Å². The molecule has 1 aromatic heterocycles. The number of methoxy groups -OCH3 is 2. The van der Waals surface area contributed by atoms with Crippen LogP contribution in [0.1, 0.15) is 30.7 Å². The summed E-state index contributed by atoms with van der Waals surface area (Å²) in [7, 11) is 3.14. The van der Waals surface area contributed by atoms with Crippen LogP contribution >= 0.6 is 0 Å². The van der Waals surface area contributed by atoms with Crippen molar-refractivity contribution in [2.75, 3.05) is 20.8 Å². The number of H-pyrrole nitrogens is 1. The summed E-state index contributed by atoms with van der Waals surface area (Å²) in [5.74, 6) is 0.899. The lowest BCUT2D eigenvalue weighted by Gasteiger charge is -2.50. The molecular formula is C25H26N4O4. The number of aromatic amines is 1. The molecule has 1 N–H and O–H groups in total. The Morgan fingerprint density at radius 1 is 1.12 bits per heavy atom. The number of fused-ring (bicyclic) bond motifs is 4. The number of ether oxygens (including phenoxy) is 2. The van der Waals surface area contributed by atoms with Crippen molar-refractivity contribution in [1.82, 2.24) is 14.9 Å². The van der Waals surface area contributed by atoms with Gasteiger partial charge < -0.3 is 19.4 Å². The molecule has 0 unspecified atom stereocenters. The molecule has 2 aliphatic rings. The van der Waals surface area contributed by atoms with Gasteiger partial charge in [0.1, 0.15) is 24.1 Å². The van der Waals surface area contributed by atoms with Crippen LogP contribution in [0.15, 0.2) is 47.6 Å². The van der Waals surface area contributed by atoms with Crippen molar-refractivity contribution < 1.29 is 19.1 Å².